The van der Waals surface area contributed by atoms with Gasteiger partial charge in [0.1, 0.15) is 11.5 Å². The van der Waals surface area contributed by atoms with Crippen LogP contribution in [0.15, 0.2) is 40.9 Å². The standard InChI is InChI=1S/C9H12O.C8H5BrO.C5H10O.C4H7.K/c1-7-4-5-8(2)9(6-7)10-3;1-6-7(5-10)3-2-4-8(6)9;1-3-4-5(2)6;1-2-4-3-1;/h4-6H,1-3H3;2-4H,1H2;3-4H2,1-2H3;1H,2-4H2;/q;-2;;-1;+1. The van der Waals surface area contributed by atoms with Crippen molar-refractivity contribution in [3.05, 3.63) is 76.5 Å². The van der Waals surface area contributed by atoms with Gasteiger partial charge in [0, 0.05) is 6.42 Å². The molecule has 2 aromatic carbocycles. The molecule has 0 amide bonds. The van der Waals surface area contributed by atoms with Gasteiger partial charge in [-0.1, -0.05) is 19.1 Å². The van der Waals surface area contributed by atoms with Crippen molar-refractivity contribution in [1.82, 2.24) is 0 Å². The van der Waals surface area contributed by atoms with Crippen molar-refractivity contribution in [2.75, 3.05) is 7.11 Å². The molecule has 0 N–H and O–H groups in total. The van der Waals surface area contributed by atoms with Crippen LogP contribution in [-0.2, 0) is 9.59 Å². The number of aryl methyl sites for hydroxylation is 2. The van der Waals surface area contributed by atoms with Crippen molar-refractivity contribution >= 4 is 28.0 Å². The van der Waals surface area contributed by atoms with Crippen LogP contribution in [-0.4, -0.2) is 19.2 Å². The van der Waals surface area contributed by atoms with Gasteiger partial charge in [0.05, 0.1) is 7.11 Å². The Morgan fingerprint density at radius 3 is 2.13 bits per heavy atom. The zero-order valence-electron chi connectivity index (χ0n) is 19.9. The number of methoxy groups -OCH3 is 1. The summed E-state index contributed by atoms with van der Waals surface area (Å²) in [5.74, 6) is 1.26. The van der Waals surface area contributed by atoms with E-state index in [1.807, 2.05) is 26.0 Å². The number of hydrogen-bond donors (Lipinski definition) is 0. The van der Waals surface area contributed by atoms with E-state index in [-0.39, 0.29) is 57.2 Å². The van der Waals surface area contributed by atoms with Crippen LogP contribution in [0.5, 0.6) is 5.75 Å². The molecular weight excluding hydrogens is 479 g/mol. The number of Topliss-reactive ketones (excluding diaryl/α,β-unsaturated/α-hetero) is 1. The van der Waals surface area contributed by atoms with Crippen LogP contribution in [0.1, 0.15) is 68.2 Å². The minimum atomic E-state index is 0. The number of benzene rings is 2. The largest absolute Gasteiger partial charge is 1.00 e. The SMILES string of the molecule is CCCC(C)=O.COc1cc(C)ccc1C.[CH-]1CCC1.[CH2-]c1c(Br)cccc1[C-]=O.[K+]. The van der Waals surface area contributed by atoms with Gasteiger partial charge in [-0.05, 0) is 50.7 Å². The van der Waals surface area contributed by atoms with Crippen molar-refractivity contribution in [3.8, 4) is 5.75 Å². The number of carbonyl (C=O) groups excluding carboxylic acids is 2. The number of rotatable bonds is 4. The molecule has 1 fully saturated rings. The maximum absolute atomic E-state index is 10.2. The zero-order chi connectivity index (χ0) is 22.9. The van der Waals surface area contributed by atoms with Crippen molar-refractivity contribution in [2.24, 2.45) is 0 Å². The molecular formula is C26H34BrKO3-2. The van der Waals surface area contributed by atoms with E-state index in [0.717, 1.165) is 23.1 Å². The third kappa shape index (κ3) is 15.9. The van der Waals surface area contributed by atoms with E-state index >= 15 is 0 Å². The molecule has 2 aromatic rings. The summed E-state index contributed by atoms with van der Waals surface area (Å²) in [7, 11) is 1.70. The predicted molar refractivity (Wildman–Crippen MR) is 130 cm³/mol. The van der Waals surface area contributed by atoms with Gasteiger partial charge in [-0.25, -0.2) is 6.07 Å². The Bertz CT molecular complexity index is 767. The van der Waals surface area contributed by atoms with Gasteiger partial charge in [0.25, 0.3) is 0 Å². The first-order valence-corrected chi connectivity index (χ1v) is 11.0. The van der Waals surface area contributed by atoms with Crippen LogP contribution in [0.3, 0.4) is 0 Å². The van der Waals surface area contributed by atoms with Crippen molar-refractivity contribution in [1.29, 1.82) is 0 Å². The predicted octanol–water partition coefficient (Wildman–Crippen LogP) is 4.16. The van der Waals surface area contributed by atoms with E-state index in [2.05, 4.69) is 48.3 Å². The topological polar surface area (TPSA) is 43.4 Å². The van der Waals surface area contributed by atoms with Gasteiger partial charge in [-0.15, -0.1) is 39.0 Å². The van der Waals surface area contributed by atoms with Crippen LogP contribution in [0.4, 0.5) is 0 Å². The summed E-state index contributed by atoms with van der Waals surface area (Å²) in [6, 6.07) is 11.5. The molecule has 1 aliphatic carbocycles. The molecule has 1 aliphatic rings. The van der Waals surface area contributed by atoms with Crippen LogP contribution in [0, 0.1) is 27.2 Å². The van der Waals surface area contributed by atoms with E-state index in [4.69, 9.17) is 4.74 Å². The molecule has 3 nitrogen and oxygen atoms in total. The Morgan fingerprint density at radius 2 is 1.81 bits per heavy atom. The number of halogens is 1. The van der Waals surface area contributed by atoms with E-state index in [9.17, 15) is 9.59 Å². The monoisotopic (exact) mass is 512 g/mol. The third-order valence-electron chi connectivity index (χ3n) is 4.21. The minimum absolute atomic E-state index is 0. The average Bonchev–Trinajstić information content (AvgIpc) is 2.65. The van der Waals surface area contributed by atoms with Crippen LogP contribution >= 0.6 is 15.9 Å². The van der Waals surface area contributed by atoms with Crippen molar-refractivity contribution in [3.63, 3.8) is 0 Å². The fourth-order valence-corrected chi connectivity index (χ4v) is 2.50. The molecule has 3 rings (SSSR count). The van der Waals surface area contributed by atoms with Gasteiger partial charge in [0.15, 0.2) is 0 Å². The molecule has 0 aliphatic heterocycles. The molecule has 0 aromatic heterocycles. The Balaban J connectivity index is 0. The second kappa shape index (κ2) is 20.2. The Labute approximate surface area is 240 Å². The van der Waals surface area contributed by atoms with E-state index in [0.29, 0.717) is 11.1 Å². The summed E-state index contributed by atoms with van der Waals surface area (Å²) in [5, 5.41) is 0. The van der Waals surface area contributed by atoms with Crippen molar-refractivity contribution in [2.45, 2.75) is 59.8 Å². The summed E-state index contributed by atoms with van der Waals surface area (Å²) in [4.78, 5) is 20.2. The van der Waals surface area contributed by atoms with Crippen LogP contribution in [0.2, 0.25) is 0 Å². The quantitative estimate of drug-likeness (QED) is 0.456. The fourth-order valence-electron chi connectivity index (χ4n) is 2.14. The first kappa shape index (κ1) is 32.7. The molecule has 31 heavy (non-hydrogen) atoms. The van der Waals surface area contributed by atoms with Crippen LogP contribution in [0.25, 0.3) is 0 Å². The summed E-state index contributed by atoms with van der Waals surface area (Å²) in [6.07, 6.45) is 10.0. The molecule has 0 atom stereocenters. The third-order valence-corrected chi connectivity index (χ3v) is 4.95. The smallest absolute Gasteiger partial charge is 0.496 e. The first-order chi connectivity index (χ1) is 14.3. The summed E-state index contributed by atoms with van der Waals surface area (Å²) < 4.78 is 5.97. The molecule has 0 saturated heterocycles. The minimum Gasteiger partial charge on any atom is -0.496 e. The van der Waals surface area contributed by atoms with E-state index < -0.39 is 0 Å². The van der Waals surface area contributed by atoms with Gasteiger partial charge < -0.3 is 20.7 Å². The van der Waals surface area contributed by atoms with Gasteiger partial charge >= 0.3 is 51.4 Å². The summed E-state index contributed by atoms with van der Waals surface area (Å²) in [6.45, 7) is 11.4. The Kier molecular flexibility index (Phi) is 21.3. The summed E-state index contributed by atoms with van der Waals surface area (Å²) in [5.41, 5.74) is 3.63. The first-order valence-electron chi connectivity index (χ1n) is 10.2. The molecule has 1 saturated carbocycles. The maximum atomic E-state index is 10.2. The molecule has 0 radical (unpaired) electrons. The maximum Gasteiger partial charge on any atom is 1.00 e. The molecule has 0 bridgehead atoms. The molecule has 0 heterocycles. The van der Waals surface area contributed by atoms with Crippen molar-refractivity contribution < 1.29 is 65.7 Å². The molecule has 5 heteroatoms. The van der Waals surface area contributed by atoms with Crippen LogP contribution < -0.4 is 56.1 Å². The normalized spacial score (nSPS) is 10.8. The van der Waals surface area contributed by atoms with Gasteiger partial charge in [0.2, 0.25) is 0 Å². The zero-order valence-corrected chi connectivity index (χ0v) is 24.6. The fraction of sp³-hybridized carbons (Fsp3) is 0.385. The molecule has 166 valence electrons. The number of ether oxygens (including phenoxy) is 1. The van der Waals surface area contributed by atoms with E-state index in [1.165, 1.54) is 30.4 Å². The Morgan fingerprint density at radius 1 is 1.23 bits per heavy atom. The number of carbonyl (C=O) groups is 1. The molecule has 0 spiro atoms. The van der Waals surface area contributed by atoms with Gasteiger partial charge in [-0.3, -0.25) is 18.1 Å². The second-order valence-electron chi connectivity index (χ2n) is 7.01. The second-order valence-corrected chi connectivity index (χ2v) is 7.87. The van der Waals surface area contributed by atoms with E-state index in [1.54, 1.807) is 32.5 Å². The summed E-state index contributed by atoms with van der Waals surface area (Å²) >= 11 is 3.25. The average molecular weight is 514 g/mol. The number of ketones is 1. The molecule has 0 unspecified atom stereocenters. The Hall–Kier alpha value is -0.434. The van der Waals surface area contributed by atoms with Gasteiger partial charge in [-0.2, -0.15) is 12.8 Å². The number of hydrogen-bond acceptors (Lipinski definition) is 3.